The fraction of sp³-hybridized carbons (Fsp3) is 0. The van der Waals surface area contributed by atoms with Gasteiger partial charge < -0.3 is 0 Å². The summed E-state index contributed by atoms with van der Waals surface area (Å²) in [6, 6.07) is 0. The SMILES string of the molecule is c1cs[c]([Mg][c]2nccs2)n1. The van der Waals surface area contributed by atoms with Crippen molar-refractivity contribution in [1.82, 2.24) is 9.97 Å². The van der Waals surface area contributed by atoms with E-state index in [4.69, 9.17) is 0 Å². The predicted octanol–water partition coefficient (Wildman–Crippen LogP) is 0.255. The Morgan fingerprint density at radius 1 is 1.00 bits per heavy atom. The Labute approximate surface area is 82.0 Å². The standard InChI is InChI=1S/2C3H2NS.Mg/c2*1-2-5-3-4-1;/h2*1-2H;. The van der Waals surface area contributed by atoms with Gasteiger partial charge in [-0.05, 0) is 6.27 Å². The van der Waals surface area contributed by atoms with Crippen molar-refractivity contribution in [2.45, 2.75) is 0 Å². The van der Waals surface area contributed by atoms with Crippen LogP contribution in [0.1, 0.15) is 0 Å². The molecule has 2 heterocycles. The molecule has 2 rings (SSSR count). The zero-order valence-corrected chi connectivity index (χ0v) is 8.77. The van der Waals surface area contributed by atoms with Gasteiger partial charge in [0.05, 0.1) is 0 Å². The molecule has 52 valence electrons. The first-order valence-corrected chi connectivity index (χ1v) is 6.39. The van der Waals surface area contributed by atoms with Crippen molar-refractivity contribution in [3.05, 3.63) is 23.2 Å². The predicted molar refractivity (Wildman–Crippen MR) is 49.3 cm³/mol. The Morgan fingerprint density at radius 2 is 1.55 bits per heavy atom. The highest BCUT2D eigenvalue weighted by Crippen LogP contribution is 1.90. The normalized spacial score (nSPS) is 9.45. The Morgan fingerprint density at radius 3 is 1.91 bits per heavy atom. The van der Waals surface area contributed by atoms with E-state index in [1.54, 1.807) is 22.7 Å². The topological polar surface area (TPSA) is 25.8 Å². The van der Waals surface area contributed by atoms with E-state index in [0.29, 0.717) is 0 Å². The second kappa shape index (κ2) is 3.62. The second-order valence-electron chi connectivity index (χ2n) is 2.03. The summed E-state index contributed by atoms with van der Waals surface area (Å²) in [5.74, 6) is 0. The Balaban J connectivity index is 2.14. The molecular weight excluding hydrogens is 189 g/mol. The summed E-state index contributed by atoms with van der Waals surface area (Å²) in [6.45, 7) is 0. The molecule has 2 aromatic rings. The minimum absolute atomic E-state index is 0.335. The second-order valence-corrected chi connectivity index (χ2v) is 6.70. The van der Waals surface area contributed by atoms with Crippen LogP contribution in [0, 0.1) is 0 Å². The van der Waals surface area contributed by atoms with Gasteiger partial charge in [0.25, 0.3) is 0 Å². The summed E-state index contributed by atoms with van der Waals surface area (Å²) in [7, 11) is 0. The highest BCUT2D eigenvalue weighted by molar-refractivity contribution is 7.26. The maximum absolute atomic E-state index is 4.24. The van der Waals surface area contributed by atoms with Crippen LogP contribution >= 0.6 is 22.7 Å². The van der Waals surface area contributed by atoms with Crippen LogP contribution in [0.3, 0.4) is 0 Å². The molecule has 0 aliphatic rings. The molecule has 0 saturated heterocycles. The van der Waals surface area contributed by atoms with Crippen LogP contribution in [0.15, 0.2) is 23.2 Å². The molecule has 0 N–H and O–H groups in total. The number of rotatable bonds is 2. The summed E-state index contributed by atoms with van der Waals surface area (Å²) >= 11 is 3.14. The number of hydrogen-bond acceptors (Lipinski definition) is 4. The Hall–Kier alpha value is 0.0262. The van der Waals surface area contributed by atoms with Gasteiger partial charge in [-0.25, -0.2) is 0 Å². The molecule has 0 amide bonds. The number of thiazole rings is 2. The molecule has 0 aliphatic carbocycles. The van der Waals surface area contributed by atoms with E-state index in [0.717, 1.165) is 0 Å². The van der Waals surface area contributed by atoms with Crippen molar-refractivity contribution < 1.29 is 0 Å². The van der Waals surface area contributed by atoms with Crippen LogP contribution in [0.25, 0.3) is 0 Å². The van der Waals surface area contributed by atoms with Crippen LogP contribution in [0.5, 0.6) is 0 Å². The maximum Gasteiger partial charge on any atom is 0.543 e. The van der Waals surface area contributed by atoms with Gasteiger partial charge in [-0.1, -0.05) is 0 Å². The zero-order valence-electron chi connectivity index (χ0n) is 5.73. The first-order chi connectivity index (χ1) is 5.45. The Bertz CT molecular complexity index is 271. The molecule has 0 spiro atoms. The van der Waals surface area contributed by atoms with Gasteiger partial charge in [0.1, 0.15) is 0 Å². The zero-order chi connectivity index (χ0) is 7.52. The van der Waals surface area contributed by atoms with E-state index in [9.17, 15) is 0 Å². The Kier molecular flexibility index (Phi) is 2.52. The van der Waals surface area contributed by atoms with Crippen LogP contribution in [-0.4, -0.2) is 30.3 Å². The van der Waals surface area contributed by atoms with Crippen LogP contribution in [0.2, 0.25) is 0 Å². The van der Waals surface area contributed by atoms with Gasteiger partial charge in [-0.3, -0.25) is 9.97 Å². The molecule has 0 aromatic carbocycles. The summed E-state index contributed by atoms with van der Waals surface area (Å²) in [4.78, 5) is 8.48. The van der Waals surface area contributed by atoms with Crippen molar-refractivity contribution >= 4 is 49.3 Å². The minimum Gasteiger partial charge on any atom is -0.282 e. The summed E-state index contributed by atoms with van der Waals surface area (Å²) in [5, 5.41) is 4.05. The summed E-state index contributed by atoms with van der Waals surface area (Å²) in [6.07, 6.45) is 3.72. The van der Waals surface area contributed by atoms with E-state index in [-0.39, 0.29) is 20.4 Å². The molecule has 0 unspecified atom stereocenters. The number of aromatic nitrogens is 2. The van der Waals surface area contributed by atoms with E-state index in [2.05, 4.69) is 9.97 Å². The lowest BCUT2D eigenvalue weighted by Crippen LogP contribution is -2.25. The molecule has 0 bridgehead atoms. The van der Waals surface area contributed by atoms with E-state index in [1.807, 2.05) is 23.2 Å². The van der Waals surface area contributed by atoms with E-state index >= 15 is 0 Å². The summed E-state index contributed by atoms with van der Waals surface area (Å²) < 4.78 is 2.56. The third kappa shape index (κ3) is 1.99. The molecule has 0 atom stereocenters. The van der Waals surface area contributed by atoms with Gasteiger partial charge in [0, 0.05) is 23.2 Å². The number of nitrogens with zero attached hydrogens (tertiary/aromatic N) is 2. The smallest absolute Gasteiger partial charge is 0.282 e. The lowest BCUT2D eigenvalue weighted by Gasteiger charge is -1.84. The largest absolute Gasteiger partial charge is 0.543 e. The first-order valence-electron chi connectivity index (χ1n) is 3.22. The molecule has 0 fully saturated rings. The average molecular weight is 193 g/mol. The van der Waals surface area contributed by atoms with Gasteiger partial charge in [0.2, 0.25) is 0 Å². The van der Waals surface area contributed by atoms with Crippen molar-refractivity contribution in [2.24, 2.45) is 0 Å². The fourth-order valence-electron chi connectivity index (χ4n) is 0.810. The van der Waals surface area contributed by atoms with Gasteiger partial charge in [-0.2, -0.15) is 22.7 Å². The maximum atomic E-state index is 4.24. The van der Waals surface area contributed by atoms with E-state index < -0.39 is 0 Å². The molecule has 0 radical (unpaired) electrons. The minimum atomic E-state index is -0.335. The molecular formula is C6H4MgN2S2. The highest BCUT2D eigenvalue weighted by atomic mass is 32.1. The number of hydrogen-bond donors (Lipinski definition) is 0. The lowest BCUT2D eigenvalue weighted by molar-refractivity contribution is 1.45. The first kappa shape index (κ1) is 7.66. The highest BCUT2D eigenvalue weighted by Gasteiger charge is 2.06. The summed E-state index contributed by atoms with van der Waals surface area (Å²) in [5.41, 5.74) is 0. The van der Waals surface area contributed by atoms with Crippen LogP contribution in [-0.2, 0) is 0 Å². The van der Waals surface area contributed by atoms with Crippen molar-refractivity contribution in [3.63, 3.8) is 0 Å². The lowest BCUT2D eigenvalue weighted by atomic mass is 11.0. The van der Waals surface area contributed by atoms with Crippen LogP contribution in [0.4, 0.5) is 0 Å². The van der Waals surface area contributed by atoms with Gasteiger partial charge in [-0.15, -0.1) is 0 Å². The molecule has 2 aromatic heterocycles. The van der Waals surface area contributed by atoms with Gasteiger partial charge in [0.15, 0.2) is 0 Å². The average Bonchev–Trinajstić information content (AvgIpc) is 2.60. The van der Waals surface area contributed by atoms with Crippen molar-refractivity contribution in [3.8, 4) is 0 Å². The van der Waals surface area contributed by atoms with Crippen molar-refractivity contribution in [1.29, 1.82) is 0 Å². The van der Waals surface area contributed by atoms with E-state index in [1.165, 1.54) is 6.27 Å². The van der Waals surface area contributed by atoms with Crippen LogP contribution < -0.4 is 6.27 Å². The quantitative estimate of drug-likeness (QED) is 0.638. The third-order valence-electron chi connectivity index (χ3n) is 1.27. The monoisotopic (exact) mass is 192 g/mol. The molecule has 0 saturated carbocycles. The molecule has 0 aliphatic heterocycles. The molecule has 5 heteroatoms. The third-order valence-corrected chi connectivity index (χ3v) is 5.38. The molecule has 11 heavy (non-hydrogen) atoms. The van der Waals surface area contributed by atoms with Crippen molar-refractivity contribution in [2.75, 3.05) is 0 Å². The molecule has 2 nitrogen and oxygen atoms in total. The van der Waals surface area contributed by atoms with Gasteiger partial charge >= 0.3 is 20.4 Å². The fourth-order valence-corrected chi connectivity index (χ4v) is 4.60.